The van der Waals surface area contributed by atoms with E-state index in [0.29, 0.717) is 28.4 Å². The molecule has 156 valence electrons. The first-order valence-corrected chi connectivity index (χ1v) is 9.88. The first-order chi connectivity index (χ1) is 14.2. The van der Waals surface area contributed by atoms with Crippen LogP contribution in [-0.2, 0) is 22.2 Å². The Kier molecular flexibility index (Phi) is 6.51. The molecule has 1 aromatic heterocycles. The summed E-state index contributed by atoms with van der Waals surface area (Å²) in [6, 6.07) is 11.9. The van der Waals surface area contributed by atoms with Crippen LogP contribution in [0.2, 0.25) is 0 Å². The number of aryl methyl sites for hydroxylation is 1. The maximum Gasteiger partial charge on any atom is 0.416 e. The number of rotatable bonds is 5. The van der Waals surface area contributed by atoms with Gasteiger partial charge in [-0.3, -0.25) is 9.59 Å². The fourth-order valence-corrected chi connectivity index (χ4v) is 3.51. The maximum absolute atomic E-state index is 12.7. The zero-order valence-electron chi connectivity index (χ0n) is 15.9. The van der Waals surface area contributed by atoms with Crippen molar-refractivity contribution in [3.05, 3.63) is 70.7 Å². The number of nitrogens with zero attached hydrogens (tertiary/aromatic N) is 1. The molecule has 0 bridgehead atoms. The Hall–Kier alpha value is -3.20. The summed E-state index contributed by atoms with van der Waals surface area (Å²) in [5.74, 6) is -1.51. The Morgan fingerprint density at radius 1 is 1.07 bits per heavy atom. The van der Waals surface area contributed by atoms with Crippen molar-refractivity contribution in [3.8, 4) is 10.6 Å². The van der Waals surface area contributed by atoms with E-state index >= 15 is 0 Å². The molecule has 0 spiro atoms. The number of thiazole rings is 1. The van der Waals surface area contributed by atoms with E-state index in [1.54, 1.807) is 23.6 Å². The third kappa shape index (κ3) is 5.66. The summed E-state index contributed by atoms with van der Waals surface area (Å²) < 4.78 is 38.0. The normalized spacial score (nSPS) is 11.2. The molecule has 0 saturated carbocycles. The van der Waals surface area contributed by atoms with Crippen molar-refractivity contribution in [2.45, 2.75) is 19.5 Å². The number of benzene rings is 2. The SMILES string of the molecule is Cc1cccc(NC(=O)C(=O)NCCc2csc(-c3ccc(C(F)(F)F)cc3)n2)c1. The highest BCUT2D eigenvalue weighted by atomic mass is 32.1. The first-order valence-electron chi connectivity index (χ1n) is 9.00. The second-order valence-electron chi connectivity index (χ2n) is 6.55. The molecule has 0 aliphatic carbocycles. The van der Waals surface area contributed by atoms with Crippen molar-refractivity contribution in [2.24, 2.45) is 0 Å². The zero-order valence-corrected chi connectivity index (χ0v) is 16.7. The van der Waals surface area contributed by atoms with E-state index in [1.165, 1.54) is 23.5 Å². The van der Waals surface area contributed by atoms with E-state index in [4.69, 9.17) is 0 Å². The number of aromatic nitrogens is 1. The van der Waals surface area contributed by atoms with E-state index < -0.39 is 23.6 Å². The lowest BCUT2D eigenvalue weighted by Crippen LogP contribution is -2.36. The summed E-state index contributed by atoms with van der Waals surface area (Å²) in [6.07, 6.45) is -3.99. The summed E-state index contributed by atoms with van der Waals surface area (Å²) in [5, 5.41) is 7.41. The molecule has 5 nitrogen and oxygen atoms in total. The number of halogens is 3. The average Bonchev–Trinajstić information content (AvgIpc) is 3.16. The van der Waals surface area contributed by atoms with Gasteiger partial charge >= 0.3 is 18.0 Å². The number of hydrogen-bond acceptors (Lipinski definition) is 4. The zero-order chi connectivity index (χ0) is 21.7. The molecule has 2 amide bonds. The van der Waals surface area contributed by atoms with Crippen molar-refractivity contribution in [1.82, 2.24) is 10.3 Å². The van der Waals surface area contributed by atoms with Gasteiger partial charge in [0.15, 0.2) is 0 Å². The van der Waals surface area contributed by atoms with Crippen LogP contribution >= 0.6 is 11.3 Å². The molecule has 0 aliphatic rings. The van der Waals surface area contributed by atoms with Gasteiger partial charge < -0.3 is 10.6 Å². The average molecular weight is 433 g/mol. The molecule has 0 unspecified atom stereocenters. The second kappa shape index (κ2) is 9.08. The van der Waals surface area contributed by atoms with Crippen molar-refractivity contribution in [2.75, 3.05) is 11.9 Å². The van der Waals surface area contributed by atoms with Gasteiger partial charge in [-0.1, -0.05) is 24.3 Å². The van der Waals surface area contributed by atoms with Crippen molar-refractivity contribution < 1.29 is 22.8 Å². The molecule has 30 heavy (non-hydrogen) atoms. The van der Waals surface area contributed by atoms with E-state index in [0.717, 1.165) is 17.7 Å². The molecular formula is C21H18F3N3O2S. The smallest absolute Gasteiger partial charge is 0.347 e. The lowest BCUT2D eigenvalue weighted by atomic mass is 10.1. The van der Waals surface area contributed by atoms with Crippen LogP contribution in [0.3, 0.4) is 0 Å². The van der Waals surface area contributed by atoms with Crippen LogP contribution in [0.4, 0.5) is 18.9 Å². The summed E-state index contributed by atoms with van der Waals surface area (Å²) in [7, 11) is 0. The van der Waals surface area contributed by atoms with Gasteiger partial charge in [0.1, 0.15) is 5.01 Å². The Bertz CT molecular complexity index is 1050. The molecule has 3 aromatic rings. The predicted molar refractivity (Wildman–Crippen MR) is 109 cm³/mol. The van der Waals surface area contributed by atoms with E-state index in [9.17, 15) is 22.8 Å². The van der Waals surface area contributed by atoms with E-state index in [1.807, 2.05) is 13.0 Å². The number of nitrogens with one attached hydrogen (secondary N) is 2. The number of carbonyl (C=O) groups is 2. The van der Waals surface area contributed by atoms with Gasteiger partial charge in [0.25, 0.3) is 0 Å². The highest BCUT2D eigenvalue weighted by molar-refractivity contribution is 7.13. The van der Waals surface area contributed by atoms with Gasteiger partial charge in [-0.05, 0) is 36.8 Å². The fraction of sp³-hybridized carbons (Fsp3) is 0.190. The van der Waals surface area contributed by atoms with Crippen LogP contribution < -0.4 is 10.6 Å². The molecule has 0 fully saturated rings. The molecule has 2 aromatic carbocycles. The molecule has 0 atom stereocenters. The molecule has 3 rings (SSSR count). The minimum atomic E-state index is -4.38. The fourth-order valence-electron chi connectivity index (χ4n) is 2.65. The molecule has 1 heterocycles. The molecule has 2 N–H and O–H groups in total. The van der Waals surface area contributed by atoms with Gasteiger partial charge in [0.2, 0.25) is 0 Å². The van der Waals surface area contributed by atoms with Crippen LogP contribution in [0, 0.1) is 6.92 Å². The van der Waals surface area contributed by atoms with Gasteiger partial charge in [-0.2, -0.15) is 13.2 Å². The second-order valence-corrected chi connectivity index (χ2v) is 7.41. The number of carbonyl (C=O) groups excluding carboxylic acids is 2. The standard InChI is InChI=1S/C21H18F3N3O2S/c1-13-3-2-4-16(11-13)26-19(29)18(28)25-10-9-17-12-30-20(27-17)14-5-7-15(8-6-14)21(22,23)24/h2-8,11-12H,9-10H2,1H3,(H,25,28)(H,26,29). The van der Waals surface area contributed by atoms with Crippen LogP contribution in [0.1, 0.15) is 16.8 Å². The van der Waals surface area contributed by atoms with Crippen LogP contribution in [-0.4, -0.2) is 23.3 Å². The van der Waals surface area contributed by atoms with E-state index in [-0.39, 0.29) is 6.54 Å². The molecule has 0 saturated heterocycles. The summed E-state index contributed by atoms with van der Waals surface area (Å²) >= 11 is 1.30. The maximum atomic E-state index is 12.7. The number of alkyl halides is 3. The first kappa shape index (κ1) is 21.5. The Morgan fingerprint density at radius 3 is 2.47 bits per heavy atom. The third-order valence-electron chi connectivity index (χ3n) is 4.16. The van der Waals surface area contributed by atoms with Crippen LogP contribution in [0.25, 0.3) is 10.6 Å². The Morgan fingerprint density at radius 2 is 1.80 bits per heavy atom. The summed E-state index contributed by atoms with van der Waals surface area (Å²) in [5.41, 5.74) is 2.04. The minimum Gasteiger partial charge on any atom is -0.347 e. The van der Waals surface area contributed by atoms with Crippen molar-refractivity contribution in [3.63, 3.8) is 0 Å². The molecule has 0 aliphatic heterocycles. The molecular weight excluding hydrogens is 415 g/mol. The van der Waals surface area contributed by atoms with Gasteiger partial charge in [0.05, 0.1) is 11.3 Å². The lowest BCUT2D eigenvalue weighted by molar-refractivity contribution is -0.137. The van der Waals surface area contributed by atoms with Crippen molar-refractivity contribution >= 4 is 28.8 Å². The number of anilines is 1. The van der Waals surface area contributed by atoms with Gasteiger partial charge in [-0.15, -0.1) is 11.3 Å². The summed E-state index contributed by atoms with van der Waals surface area (Å²) in [6.45, 7) is 2.08. The van der Waals surface area contributed by atoms with E-state index in [2.05, 4.69) is 15.6 Å². The number of hydrogen-bond donors (Lipinski definition) is 2. The highest BCUT2D eigenvalue weighted by Gasteiger charge is 2.30. The van der Waals surface area contributed by atoms with Crippen LogP contribution in [0.15, 0.2) is 53.9 Å². The largest absolute Gasteiger partial charge is 0.416 e. The van der Waals surface area contributed by atoms with Crippen molar-refractivity contribution in [1.29, 1.82) is 0 Å². The minimum absolute atomic E-state index is 0.205. The van der Waals surface area contributed by atoms with Gasteiger partial charge in [0, 0.05) is 29.6 Å². The number of amides is 2. The topological polar surface area (TPSA) is 71.1 Å². The van der Waals surface area contributed by atoms with Gasteiger partial charge in [-0.25, -0.2) is 4.98 Å². The molecule has 9 heteroatoms. The quantitative estimate of drug-likeness (QED) is 0.585. The Balaban J connectivity index is 1.50. The Labute approximate surface area is 175 Å². The lowest BCUT2D eigenvalue weighted by Gasteiger charge is -2.07. The predicted octanol–water partition coefficient (Wildman–Crippen LogP) is 4.43. The third-order valence-corrected chi connectivity index (χ3v) is 5.10. The molecule has 0 radical (unpaired) electrons. The monoisotopic (exact) mass is 433 g/mol. The summed E-state index contributed by atoms with van der Waals surface area (Å²) in [4.78, 5) is 28.2. The van der Waals surface area contributed by atoms with Crippen LogP contribution in [0.5, 0.6) is 0 Å². The highest BCUT2D eigenvalue weighted by Crippen LogP contribution is 2.31.